The van der Waals surface area contributed by atoms with Gasteiger partial charge in [0.1, 0.15) is 0 Å². The van der Waals surface area contributed by atoms with E-state index < -0.39 is 5.97 Å². The minimum Gasteiger partial charge on any atom is -0.461 e. The van der Waals surface area contributed by atoms with Crippen molar-refractivity contribution >= 4 is 5.97 Å². The first kappa shape index (κ1) is 16.5. The van der Waals surface area contributed by atoms with Crippen molar-refractivity contribution in [2.45, 2.75) is 26.5 Å². The third kappa shape index (κ3) is 3.36. The van der Waals surface area contributed by atoms with Gasteiger partial charge >= 0.3 is 5.97 Å². The first-order chi connectivity index (χ1) is 12.7. The number of hydrogen-bond donors (Lipinski definition) is 0. The molecule has 0 N–H and O–H groups in total. The zero-order valence-corrected chi connectivity index (χ0v) is 14.5. The summed E-state index contributed by atoms with van der Waals surface area (Å²) in [5, 5.41) is 12.5. The van der Waals surface area contributed by atoms with Gasteiger partial charge in [-0.2, -0.15) is 5.10 Å². The lowest BCUT2D eigenvalue weighted by atomic mass is 10.2. The van der Waals surface area contributed by atoms with E-state index in [0.717, 1.165) is 35.5 Å². The van der Waals surface area contributed by atoms with E-state index in [0.29, 0.717) is 19.8 Å². The highest BCUT2D eigenvalue weighted by Gasteiger charge is 2.15. The van der Waals surface area contributed by atoms with Crippen molar-refractivity contribution in [2.75, 3.05) is 13.2 Å². The number of rotatable bonds is 5. The maximum atomic E-state index is 11.6. The highest BCUT2D eigenvalue weighted by atomic mass is 16.5. The molecule has 1 aromatic carbocycles. The van der Waals surface area contributed by atoms with Gasteiger partial charge in [-0.1, -0.05) is 17.3 Å². The minimum atomic E-state index is -0.458. The number of hydrogen-bond acceptors (Lipinski definition) is 6. The van der Waals surface area contributed by atoms with Crippen LogP contribution in [-0.4, -0.2) is 44.0 Å². The van der Waals surface area contributed by atoms with Gasteiger partial charge in [-0.05, 0) is 24.6 Å². The van der Waals surface area contributed by atoms with Crippen molar-refractivity contribution in [3.8, 4) is 5.69 Å². The normalized spacial score (nSPS) is 13.4. The van der Waals surface area contributed by atoms with Crippen molar-refractivity contribution in [3.05, 3.63) is 59.2 Å². The summed E-state index contributed by atoms with van der Waals surface area (Å²) < 4.78 is 13.9. The number of aromatic nitrogens is 5. The molecule has 1 aliphatic heterocycles. The van der Waals surface area contributed by atoms with Crippen LogP contribution in [0.4, 0.5) is 0 Å². The summed E-state index contributed by atoms with van der Waals surface area (Å²) >= 11 is 0. The fourth-order valence-corrected chi connectivity index (χ4v) is 2.88. The first-order valence-corrected chi connectivity index (χ1v) is 8.54. The highest BCUT2D eigenvalue weighted by Crippen LogP contribution is 2.18. The molecule has 3 aromatic rings. The summed E-state index contributed by atoms with van der Waals surface area (Å²) in [7, 11) is 0. The van der Waals surface area contributed by atoms with E-state index in [1.54, 1.807) is 17.8 Å². The van der Waals surface area contributed by atoms with Crippen molar-refractivity contribution in [2.24, 2.45) is 0 Å². The Bertz CT molecular complexity index is 890. The number of carbonyl (C=O) groups is 1. The lowest BCUT2D eigenvalue weighted by Crippen LogP contribution is -2.08. The Hall–Kier alpha value is -3.00. The monoisotopic (exact) mass is 353 g/mol. The van der Waals surface area contributed by atoms with Gasteiger partial charge in [-0.15, -0.1) is 5.10 Å². The maximum absolute atomic E-state index is 11.6. The Labute approximate surface area is 150 Å². The predicted molar refractivity (Wildman–Crippen MR) is 92.0 cm³/mol. The molecule has 0 aliphatic carbocycles. The maximum Gasteiger partial charge on any atom is 0.360 e. The van der Waals surface area contributed by atoms with Crippen LogP contribution in [0.1, 0.15) is 34.2 Å². The molecule has 0 unspecified atom stereocenters. The van der Waals surface area contributed by atoms with E-state index in [1.807, 2.05) is 35.1 Å². The molecule has 1 aliphatic rings. The van der Waals surface area contributed by atoms with E-state index in [1.165, 1.54) is 0 Å². The summed E-state index contributed by atoms with van der Waals surface area (Å²) in [5.74, 6) is -0.458. The van der Waals surface area contributed by atoms with Crippen LogP contribution in [0, 0.1) is 0 Å². The van der Waals surface area contributed by atoms with E-state index in [9.17, 15) is 4.79 Å². The molecule has 2 aromatic heterocycles. The zero-order chi connectivity index (χ0) is 17.9. The molecule has 0 atom stereocenters. The topological polar surface area (TPSA) is 84.1 Å². The van der Waals surface area contributed by atoms with E-state index in [-0.39, 0.29) is 5.69 Å². The van der Waals surface area contributed by atoms with Crippen LogP contribution >= 0.6 is 0 Å². The molecule has 0 saturated heterocycles. The van der Waals surface area contributed by atoms with Crippen molar-refractivity contribution in [1.29, 1.82) is 0 Å². The molecule has 0 bridgehead atoms. The molecule has 0 amide bonds. The van der Waals surface area contributed by atoms with Crippen LogP contribution < -0.4 is 0 Å². The molecule has 134 valence electrons. The Morgan fingerprint density at radius 3 is 2.88 bits per heavy atom. The lowest BCUT2D eigenvalue weighted by molar-refractivity contribution is 0.0519. The molecule has 26 heavy (non-hydrogen) atoms. The van der Waals surface area contributed by atoms with E-state index >= 15 is 0 Å². The smallest absolute Gasteiger partial charge is 0.360 e. The fraction of sp³-hybridized carbons (Fsp3) is 0.333. The average Bonchev–Trinajstić information content (AvgIpc) is 3.29. The third-order valence-electron chi connectivity index (χ3n) is 4.19. The molecular formula is C18H19N5O3. The Kier molecular flexibility index (Phi) is 4.49. The van der Waals surface area contributed by atoms with E-state index in [4.69, 9.17) is 9.47 Å². The van der Waals surface area contributed by atoms with Gasteiger partial charge in [-0.3, -0.25) is 0 Å². The van der Waals surface area contributed by atoms with Gasteiger partial charge < -0.3 is 9.47 Å². The average molecular weight is 353 g/mol. The number of carbonyl (C=O) groups excluding carboxylic acids is 1. The lowest BCUT2D eigenvalue weighted by Gasteiger charge is -2.08. The fourth-order valence-electron chi connectivity index (χ4n) is 2.88. The second-order valence-electron chi connectivity index (χ2n) is 6.04. The predicted octanol–water partition coefficient (Wildman–Crippen LogP) is 1.76. The molecule has 0 saturated carbocycles. The third-order valence-corrected chi connectivity index (χ3v) is 4.19. The van der Waals surface area contributed by atoms with Crippen LogP contribution in [0.25, 0.3) is 5.69 Å². The minimum absolute atomic E-state index is 0.216. The molecule has 8 heteroatoms. The molecule has 0 fully saturated rings. The molecular weight excluding hydrogens is 334 g/mol. The van der Waals surface area contributed by atoms with E-state index in [2.05, 4.69) is 15.4 Å². The van der Waals surface area contributed by atoms with Crippen molar-refractivity contribution < 1.29 is 14.3 Å². The first-order valence-electron chi connectivity index (χ1n) is 8.54. The van der Waals surface area contributed by atoms with Crippen molar-refractivity contribution in [1.82, 2.24) is 24.8 Å². The number of nitrogens with zero attached hydrogens (tertiary/aromatic N) is 5. The van der Waals surface area contributed by atoms with Gasteiger partial charge in [0, 0.05) is 18.2 Å². The molecule has 3 heterocycles. The van der Waals surface area contributed by atoms with Gasteiger partial charge in [-0.25, -0.2) is 14.2 Å². The Balaban J connectivity index is 1.46. The summed E-state index contributed by atoms with van der Waals surface area (Å²) in [6.07, 6.45) is 4.47. The highest BCUT2D eigenvalue weighted by molar-refractivity contribution is 5.86. The van der Waals surface area contributed by atoms with Crippen LogP contribution in [0.2, 0.25) is 0 Å². The number of fused-ring (bicyclic) bond motifs is 1. The van der Waals surface area contributed by atoms with Gasteiger partial charge in [0.15, 0.2) is 5.69 Å². The Morgan fingerprint density at radius 1 is 1.27 bits per heavy atom. The Morgan fingerprint density at radius 2 is 2.12 bits per heavy atom. The second kappa shape index (κ2) is 7.09. The van der Waals surface area contributed by atoms with Gasteiger partial charge in [0.05, 0.1) is 43.9 Å². The second-order valence-corrected chi connectivity index (χ2v) is 6.04. The molecule has 0 radical (unpaired) electrons. The number of esters is 1. The van der Waals surface area contributed by atoms with Crippen LogP contribution in [0.15, 0.2) is 36.7 Å². The summed E-state index contributed by atoms with van der Waals surface area (Å²) in [4.78, 5) is 11.6. The molecule has 8 nitrogen and oxygen atoms in total. The van der Waals surface area contributed by atoms with Crippen molar-refractivity contribution in [3.63, 3.8) is 0 Å². The van der Waals surface area contributed by atoms with Crippen LogP contribution in [-0.2, 0) is 29.0 Å². The SMILES string of the molecule is CCOC(=O)c1cn(Cc2ccc(-n3cc4c(n3)CCOC4)cc2)nn1. The van der Waals surface area contributed by atoms with Crippen LogP contribution in [0.5, 0.6) is 0 Å². The largest absolute Gasteiger partial charge is 0.461 e. The number of benzene rings is 1. The molecule has 0 spiro atoms. The summed E-state index contributed by atoms with van der Waals surface area (Å²) in [6.45, 7) is 3.95. The number of ether oxygens (including phenoxy) is 2. The van der Waals surface area contributed by atoms with Gasteiger partial charge in [0.25, 0.3) is 0 Å². The molecule has 4 rings (SSSR count). The zero-order valence-electron chi connectivity index (χ0n) is 14.5. The quantitative estimate of drug-likeness (QED) is 0.650. The van der Waals surface area contributed by atoms with Gasteiger partial charge in [0.2, 0.25) is 0 Å². The van der Waals surface area contributed by atoms with Crippen LogP contribution in [0.3, 0.4) is 0 Å². The standard InChI is InChI=1S/C18H19N5O3/c1-2-26-18(24)17-11-22(21-19-17)9-13-3-5-15(6-4-13)23-10-14-12-25-8-7-16(14)20-23/h3-6,10-11H,2,7-9,12H2,1H3. The summed E-state index contributed by atoms with van der Waals surface area (Å²) in [6, 6.07) is 8.05. The summed E-state index contributed by atoms with van der Waals surface area (Å²) in [5.41, 5.74) is 4.51.